The first kappa shape index (κ1) is 35.0. The number of aromatic amines is 2. The molecule has 0 fully saturated rings. The number of rotatable bonds is 4. The van der Waals surface area contributed by atoms with Crippen molar-refractivity contribution in [2.24, 2.45) is 0 Å². The molecular weight excluding hydrogens is 779 g/mol. The summed E-state index contributed by atoms with van der Waals surface area (Å²) in [5.41, 5.74) is 15.6. The summed E-state index contributed by atoms with van der Waals surface area (Å²) in [6, 6.07) is 67.6. The maximum atomic E-state index is 5.49. The fraction of sp³-hybridized carbons (Fsp3) is 0. The smallest absolute Gasteiger partial charge is 0.0956 e. The van der Waals surface area contributed by atoms with Gasteiger partial charge >= 0.3 is 0 Å². The average molecular weight is 814 g/mol. The molecule has 0 radical (unpaired) electrons. The first-order chi connectivity index (χ1) is 31.8. The van der Waals surface area contributed by atoms with Gasteiger partial charge in [0.05, 0.1) is 33.3 Å². The van der Waals surface area contributed by atoms with E-state index in [0.29, 0.717) is 0 Å². The Labute approximate surface area is 366 Å². The van der Waals surface area contributed by atoms with Crippen molar-refractivity contribution in [3.63, 3.8) is 0 Å². The Hall–Kier alpha value is -8.67. The number of pyridine rings is 3. The van der Waals surface area contributed by atoms with Crippen LogP contribution in [-0.2, 0) is 0 Å². The van der Waals surface area contributed by atoms with E-state index in [1.165, 1.54) is 10.8 Å². The third-order valence-corrected chi connectivity index (χ3v) is 13.4. The Morgan fingerprint density at radius 2 is 0.891 bits per heavy atom. The third kappa shape index (κ3) is 4.98. The minimum absolute atomic E-state index is 0.882. The van der Waals surface area contributed by atoms with E-state index >= 15 is 0 Å². The molecule has 14 aromatic rings. The molecule has 0 bridgehead atoms. The molecule has 5 heterocycles. The van der Waals surface area contributed by atoms with Gasteiger partial charge in [-0.15, -0.1) is 0 Å². The van der Waals surface area contributed by atoms with E-state index < -0.39 is 0 Å². The molecule has 64 heavy (non-hydrogen) atoms. The van der Waals surface area contributed by atoms with Gasteiger partial charge in [-0.2, -0.15) is 0 Å². The number of H-pyrrole nitrogens is 2. The summed E-state index contributed by atoms with van der Waals surface area (Å²) in [4.78, 5) is 23.7. The van der Waals surface area contributed by atoms with E-state index in [-0.39, 0.29) is 0 Å². The molecule has 0 saturated carbocycles. The molecule has 14 rings (SSSR count). The molecule has 0 spiro atoms. The molecule has 296 valence electrons. The van der Waals surface area contributed by atoms with Gasteiger partial charge in [0.1, 0.15) is 0 Å². The molecule has 0 saturated heterocycles. The Bertz CT molecular complexity index is 4270. The minimum atomic E-state index is 0.882. The van der Waals surface area contributed by atoms with Gasteiger partial charge in [0.25, 0.3) is 0 Å². The number of benzene rings is 9. The van der Waals surface area contributed by atoms with Crippen molar-refractivity contribution < 1.29 is 0 Å². The SMILES string of the molecule is c1ccc2nc3cccc(-c4c(-c5cccc6ncc7ccccc7c56)c(-c5nccc6c5[nH]c5ccccc56)c(-c5cccc6c5[nH]c5ccccc56)c5ccccc45)c3cc2c1. The van der Waals surface area contributed by atoms with Crippen LogP contribution in [0.3, 0.4) is 0 Å². The van der Waals surface area contributed by atoms with Gasteiger partial charge in [0.15, 0.2) is 0 Å². The lowest BCUT2D eigenvalue weighted by Gasteiger charge is -2.25. The lowest BCUT2D eigenvalue weighted by molar-refractivity contribution is 1.34. The topological polar surface area (TPSA) is 70.2 Å². The van der Waals surface area contributed by atoms with Gasteiger partial charge in [-0.3, -0.25) is 9.97 Å². The van der Waals surface area contributed by atoms with Crippen molar-refractivity contribution in [3.8, 4) is 44.6 Å². The Balaban J connectivity index is 1.28. The van der Waals surface area contributed by atoms with Crippen LogP contribution in [0.2, 0.25) is 0 Å². The minimum Gasteiger partial charge on any atom is -0.354 e. The summed E-state index contributed by atoms with van der Waals surface area (Å²) in [7, 11) is 0. The van der Waals surface area contributed by atoms with Crippen molar-refractivity contribution in [2.45, 2.75) is 0 Å². The number of hydrogen-bond donors (Lipinski definition) is 2. The molecule has 5 aromatic heterocycles. The number of para-hydroxylation sites is 4. The van der Waals surface area contributed by atoms with Crippen LogP contribution in [0.1, 0.15) is 0 Å². The standard InChI is InChI=1S/C59H35N5/c1-3-16-36-35(15-1)33-61-51-29-13-23-44(52(36)51)55-53(41-21-12-28-50-46(41)32-34-14-2-8-25-47(34)62-50)39-19-4-5-20-40(39)54(45-24-11-22-42-37-17-6-9-26-48(37)63-57(42)45)56(55)59-58-43(30-31-60-59)38-18-7-10-27-49(38)64-58/h1-33,63-64H. The zero-order chi connectivity index (χ0) is 41.9. The van der Waals surface area contributed by atoms with E-state index in [1.54, 1.807) is 0 Å². The fourth-order valence-electron chi connectivity index (χ4n) is 10.7. The van der Waals surface area contributed by atoms with Crippen molar-refractivity contribution >= 4 is 97.9 Å². The van der Waals surface area contributed by atoms with Crippen LogP contribution in [0, 0.1) is 0 Å². The van der Waals surface area contributed by atoms with Gasteiger partial charge in [-0.1, -0.05) is 146 Å². The zero-order valence-corrected chi connectivity index (χ0v) is 34.4. The molecule has 2 N–H and O–H groups in total. The van der Waals surface area contributed by atoms with E-state index in [2.05, 4.69) is 198 Å². The van der Waals surface area contributed by atoms with Crippen molar-refractivity contribution in [2.75, 3.05) is 0 Å². The monoisotopic (exact) mass is 813 g/mol. The number of nitrogens with one attached hydrogen (secondary N) is 2. The molecular formula is C59H35N5. The van der Waals surface area contributed by atoms with Crippen molar-refractivity contribution in [3.05, 3.63) is 200 Å². The Kier molecular flexibility index (Phi) is 7.33. The maximum absolute atomic E-state index is 5.49. The van der Waals surface area contributed by atoms with Crippen molar-refractivity contribution in [1.29, 1.82) is 0 Å². The first-order valence-corrected chi connectivity index (χ1v) is 21.8. The average Bonchev–Trinajstić information content (AvgIpc) is 3.94. The molecule has 0 unspecified atom stereocenters. The van der Waals surface area contributed by atoms with E-state index in [0.717, 1.165) is 132 Å². The lowest BCUT2D eigenvalue weighted by atomic mass is 9.78. The van der Waals surface area contributed by atoms with Crippen LogP contribution in [0.5, 0.6) is 0 Å². The predicted octanol–water partition coefficient (Wildman–Crippen LogP) is 15.6. The fourth-order valence-corrected chi connectivity index (χ4v) is 10.7. The maximum Gasteiger partial charge on any atom is 0.0956 e. The predicted molar refractivity (Wildman–Crippen MR) is 268 cm³/mol. The summed E-state index contributed by atoms with van der Waals surface area (Å²) in [5, 5.41) is 12.5. The van der Waals surface area contributed by atoms with Gasteiger partial charge in [0, 0.05) is 88.8 Å². The highest BCUT2D eigenvalue weighted by Crippen LogP contribution is 2.55. The van der Waals surface area contributed by atoms with Gasteiger partial charge < -0.3 is 9.97 Å². The molecule has 0 aliphatic heterocycles. The van der Waals surface area contributed by atoms with Crippen LogP contribution in [0.15, 0.2) is 200 Å². The van der Waals surface area contributed by atoms with Crippen LogP contribution in [0.25, 0.3) is 143 Å². The molecule has 0 amide bonds. The van der Waals surface area contributed by atoms with Gasteiger partial charge in [-0.05, 0) is 75.3 Å². The summed E-state index contributed by atoms with van der Waals surface area (Å²) in [6.45, 7) is 0. The number of hydrogen-bond acceptors (Lipinski definition) is 3. The molecule has 5 heteroatoms. The van der Waals surface area contributed by atoms with Crippen LogP contribution >= 0.6 is 0 Å². The second-order valence-corrected chi connectivity index (χ2v) is 16.8. The highest BCUT2D eigenvalue weighted by molar-refractivity contribution is 6.28. The largest absolute Gasteiger partial charge is 0.354 e. The Morgan fingerprint density at radius 1 is 0.328 bits per heavy atom. The van der Waals surface area contributed by atoms with E-state index in [4.69, 9.17) is 15.0 Å². The molecule has 0 atom stereocenters. The number of aromatic nitrogens is 5. The van der Waals surface area contributed by atoms with E-state index in [1.807, 2.05) is 12.4 Å². The summed E-state index contributed by atoms with van der Waals surface area (Å²) in [5.74, 6) is 0. The molecule has 9 aromatic carbocycles. The zero-order valence-electron chi connectivity index (χ0n) is 34.4. The highest BCUT2D eigenvalue weighted by Gasteiger charge is 2.30. The highest BCUT2D eigenvalue weighted by atomic mass is 14.8. The van der Waals surface area contributed by atoms with Crippen LogP contribution in [-0.4, -0.2) is 24.9 Å². The van der Waals surface area contributed by atoms with Crippen LogP contribution < -0.4 is 0 Å². The second kappa shape index (κ2) is 13.4. The molecule has 5 nitrogen and oxygen atoms in total. The lowest BCUT2D eigenvalue weighted by Crippen LogP contribution is -2.01. The Morgan fingerprint density at radius 3 is 1.69 bits per heavy atom. The van der Waals surface area contributed by atoms with Crippen LogP contribution in [0.4, 0.5) is 0 Å². The molecule has 0 aliphatic rings. The number of fused-ring (bicyclic) bond motifs is 12. The summed E-state index contributed by atoms with van der Waals surface area (Å²) >= 11 is 0. The van der Waals surface area contributed by atoms with E-state index in [9.17, 15) is 0 Å². The summed E-state index contributed by atoms with van der Waals surface area (Å²) in [6.07, 6.45) is 3.98. The number of nitrogens with zero attached hydrogens (tertiary/aromatic N) is 3. The quantitative estimate of drug-likeness (QED) is 0.137. The molecule has 0 aliphatic carbocycles. The van der Waals surface area contributed by atoms with Crippen molar-refractivity contribution in [1.82, 2.24) is 24.9 Å². The normalized spacial score (nSPS) is 12.1. The first-order valence-electron chi connectivity index (χ1n) is 21.8. The summed E-state index contributed by atoms with van der Waals surface area (Å²) < 4.78 is 0. The third-order valence-electron chi connectivity index (χ3n) is 13.4. The second-order valence-electron chi connectivity index (χ2n) is 16.8. The van der Waals surface area contributed by atoms with Gasteiger partial charge in [-0.25, -0.2) is 4.98 Å². The van der Waals surface area contributed by atoms with Gasteiger partial charge in [0.2, 0.25) is 0 Å².